The second-order valence-electron chi connectivity index (χ2n) is 13.8. The van der Waals surface area contributed by atoms with E-state index >= 15 is 0 Å². The third-order valence-electron chi connectivity index (χ3n) is 8.14. The second-order valence-corrected chi connectivity index (χ2v) is 13.8. The molecule has 0 saturated carbocycles. The van der Waals surface area contributed by atoms with Gasteiger partial charge in [0.05, 0.1) is 0 Å². The first-order chi connectivity index (χ1) is 18.0. The summed E-state index contributed by atoms with van der Waals surface area (Å²) in [4.78, 5) is 19.6. The molecule has 0 spiro atoms. The van der Waals surface area contributed by atoms with Crippen LogP contribution in [-0.2, 0) is 16.2 Å². The number of rotatable bonds is 2. The van der Waals surface area contributed by atoms with Crippen LogP contribution < -0.4 is 0 Å². The number of fused-ring (bicyclic) bond motifs is 3. The van der Waals surface area contributed by atoms with Crippen molar-refractivity contribution in [2.24, 2.45) is 0 Å². The fraction of sp³-hybridized carbons (Fsp3) is 0.429. The molecule has 2 aromatic carbocycles. The summed E-state index contributed by atoms with van der Waals surface area (Å²) >= 11 is 0. The monoisotopic (exact) mass is 518 g/mol. The summed E-state index contributed by atoms with van der Waals surface area (Å²) < 4.78 is 0. The average molecular weight is 519 g/mol. The van der Waals surface area contributed by atoms with E-state index in [9.17, 15) is 0 Å². The van der Waals surface area contributed by atoms with Crippen molar-refractivity contribution in [3.8, 4) is 33.4 Å². The Kier molecular flexibility index (Phi) is 6.14. The van der Waals surface area contributed by atoms with Crippen LogP contribution in [0.4, 0.5) is 0 Å². The van der Waals surface area contributed by atoms with Crippen molar-refractivity contribution in [1.82, 2.24) is 19.9 Å². The van der Waals surface area contributed by atoms with Crippen LogP contribution in [0.1, 0.15) is 101 Å². The minimum Gasteiger partial charge on any atom is -0.237 e. The molecule has 4 heteroatoms. The minimum atomic E-state index is -0.140. The van der Waals surface area contributed by atoms with Gasteiger partial charge in [-0.1, -0.05) is 79.7 Å². The summed E-state index contributed by atoms with van der Waals surface area (Å²) in [5.41, 5.74) is 13.8. The molecule has 39 heavy (non-hydrogen) atoms. The van der Waals surface area contributed by atoms with E-state index in [4.69, 9.17) is 19.9 Å². The van der Waals surface area contributed by atoms with Crippen molar-refractivity contribution in [2.75, 3.05) is 0 Å². The van der Waals surface area contributed by atoms with E-state index in [0.29, 0.717) is 0 Å². The zero-order valence-corrected chi connectivity index (χ0v) is 25.8. The van der Waals surface area contributed by atoms with Crippen molar-refractivity contribution in [2.45, 2.75) is 99.3 Å². The minimum absolute atomic E-state index is 0.0812. The number of benzene rings is 2. The van der Waals surface area contributed by atoms with Gasteiger partial charge < -0.3 is 0 Å². The molecule has 0 amide bonds. The molecule has 0 atom stereocenters. The van der Waals surface area contributed by atoms with Crippen LogP contribution in [0.2, 0.25) is 0 Å². The molecule has 4 aromatic rings. The van der Waals surface area contributed by atoms with E-state index in [1.807, 2.05) is 0 Å². The quantitative estimate of drug-likeness (QED) is 0.266. The fourth-order valence-electron chi connectivity index (χ4n) is 5.99. The fourth-order valence-corrected chi connectivity index (χ4v) is 5.99. The van der Waals surface area contributed by atoms with Gasteiger partial charge in [0.25, 0.3) is 0 Å². The molecule has 0 aliphatic heterocycles. The molecule has 0 fully saturated rings. The van der Waals surface area contributed by atoms with E-state index in [2.05, 4.69) is 119 Å². The SMILES string of the molecule is Cc1nc(C(C)(C)C)nc(C)c1-c1ccc2c(c1)C(C)(C)c1cc(-c3c(C)nc(C(C)(C)C)nc3C)ccc1-2. The Balaban J connectivity index is 1.60. The lowest BCUT2D eigenvalue weighted by molar-refractivity contribution is 0.541. The van der Waals surface area contributed by atoms with Gasteiger partial charge in [-0.05, 0) is 73.2 Å². The lowest BCUT2D eigenvalue weighted by Gasteiger charge is -2.24. The summed E-state index contributed by atoms with van der Waals surface area (Å²) in [5, 5.41) is 0. The number of nitrogens with zero attached hydrogens (tertiary/aromatic N) is 4. The Hall–Kier alpha value is -3.40. The van der Waals surface area contributed by atoms with Crippen molar-refractivity contribution in [3.63, 3.8) is 0 Å². The smallest absolute Gasteiger partial charge is 0.134 e. The maximum absolute atomic E-state index is 4.91. The van der Waals surface area contributed by atoms with Crippen LogP contribution in [0.5, 0.6) is 0 Å². The average Bonchev–Trinajstić information content (AvgIpc) is 3.03. The summed E-state index contributed by atoms with van der Waals surface area (Å²) in [5.74, 6) is 1.79. The summed E-state index contributed by atoms with van der Waals surface area (Å²) in [6, 6.07) is 13.8. The molecule has 4 nitrogen and oxygen atoms in total. The first-order valence-electron chi connectivity index (χ1n) is 14.0. The third-order valence-corrected chi connectivity index (χ3v) is 8.14. The number of aromatic nitrogens is 4. The highest BCUT2D eigenvalue weighted by Crippen LogP contribution is 2.51. The largest absolute Gasteiger partial charge is 0.237 e. The number of aryl methyl sites for hydroxylation is 4. The standard InChI is InChI=1S/C35H42N4/c1-19-29(20(2)37-31(36-19)33(5,6)7)23-13-15-25-26-16-14-24(18-28(26)35(11,12)27(25)17-23)30-21(3)38-32(34(8,9)10)39-22(30)4/h13-18H,1-12H3. The first kappa shape index (κ1) is 27.2. The molecule has 2 heterocycles. The predicted octanol–water partition coefficient (Wildman–Crippen LogP) is 8.74. The number of hydrogen-bond donors (Lipinski definition) is 0. The number of hydrogen-bond acceptors (Lipinski definition) is 4. The lowest BCUT2D eigenvalue weighted by atomic mass is 9.80. The van der Waals surface area contributed by atoms with Gasteiger partial charge in [-0.3, -0.25) is 0 Å². The van der Waals surface area contributed by atoms with Crippen LogP contribution in [0.3, 0.4) is 0 Å². The maximum atomic E-state index is 4.91. The van der Waals surface area contributed by atoms with Gasteiger partial charge >= 0.3 is 0 Å². The van der Waals surface area contributed by atoms with Crippen LogP contribution in [-0.4, -0.2) is 19.9 Å². The topological polar surface area (TPSA) is 51.6 Å². The van der Waals surface area contributed by atoms with E-state index in [1.54, 1.807) is 0 Å². The zero-order valence-electron chi connectivity index (χ0n) is 25.8. The van der Waals surface area contributed by atoms with Gasteiger partial charge in [0, 0.05) is 50.1 Å². The molecule has 0 saturated heterocycles. The van der Waals surface area contributed by atoms with E-state index in [-0.39, 0.29) is 16.2 Å². The first-order valence-corrected chi connectivity index (χ1v) is 14.0. The Morgan fingerprint density at radius 3 is 1.10 bits per heavy atom. The van der Waals surface area contributed by atoms with Crippen molar-refractivity contribution in [3.05, 3.63) is 81.9 Å². The van der Waals surface area contributed by atoms with Crippen LogP contribution in [0.15, 0.2) is 36.4 Å². The Morgan fingerprint density at radius 1 is 0.513 bits per heavy atom. The summed E-state index contributed by atoms with van der Waals surface area (Å²) in [6.45, 7) is 26.1. The van der Waals surface area contributed by atoms with Crippen LogP contribution >= 0.6 is 0 Å². The molecule has 0 radical (unpaired) electrons. The molecular formula is C35H42N4. The van der Waals surface area contributed by atoms with Gasteiger partial charge in [-0.15, -0.1) is 0 Å². The zero-order chi connectivity index (χ0) is 28.7. The van der Waals surface area contributed by atoms with E-state index in [1.165, 1.54) is 33.4 Å². The van der Waals surface area contributed by atoms with Crippen LogP contribution in [0, 0.1) is 27.7 Å². The second kappa shape index (κ2) is 8.81. The Bertz CT molecular complexity index is 1460. The molecule has 1 aliphatic carbocycles. The molecule has 5 rings (SSSR count). The molecule has 202 valence electrons. The molecule has 2 aromatic heterocycles. The van der Waals surface area contributed by atoms with E-state index in [0.717, 1.165) is 45.6 Å². The predicted molar refractivity (Wildman–Crippen MR) is 162 cm³/mol. The summed E-state index contributed by atoms with van der Waals surface area (Å²) in [6.07, 6.45) is 0. The summed E-state index contributed by atoms with van der Waals surface area (Å²) in [7, 11) is 0. The molecular weight excluding hydrogens is 476 g/mol. The molecule has 1 aliphatic rings. The van der Waals surface area contributed by atoms with Gasteiger partial charge in [-0.25, -0.2) is 19.9 Å². The molecule has 0 unspecified atom stereocenters. The Morgan fingerprint density at radius 2 is 0.821 bits per heavy atom. The van der Waals surface area contributed by atoms with Crippen molar-refractivity contribution in [1.29, 1.82) is 0 Å². The van der Waals surface area contributed by atoms with Crippen LogP contribution in [0.25, 0.3) is 33.4 Å². The third kappa shape index (κ3) is 4.48. The Labute approximate surface area is 234 Å². The van der Waals surface area contributed by atoms with Crippen molar-refractivity contribution >= 4 is 0 Å². The highest BCUT2D eigenvalue weighted by Gasteiger charge is 2.36. The van der Waals surface area contributed by atoms with Crippen molar-refractivity contribution < 1.29 is 0 Å². The van der Waals surface area contributed by atoms with Gasteiger partial charge in [0.1, 0.15) is 11.6 Å². The van der Waals surface area contributed by atoms with Gasteiger partial charge in [0.2, 0.25) is 0 Å². The molecule has 0 N–H and O–H groups in total. The highest BCUT2D eigenvalue weighted by molar-refractivity contribution is 5.86. The lowest BCUT2D eigenvalue weighted by Crippen LogP contribution is -2.18. The maximum Gasteiger partial charge on any atom is 0.134 e. The normalized spacial score (nSPS) is 14.4. The van der Waals surface area contributed by atoms with E-state index < -0.39 is 0 Å². The molecule has 0 bridgehead atoms. The van der Waals surface area contributed by atoms with Gasteiger partial charge in [0.15, 0.2) is 0 Å². The highest BCUT2D eigenvalue weighted by atomic mass is 14.9. The van der Waals surface area contributed by atoms with Gasteiger partial charge in [-0.2, -0.15) is 0 Å².